The number of thiophene rings is 2. The smallest absolute Gasteiger partial charge is 0.266 e. The highest BCUT2D eigenvalue weighted by Gasteiger charge is 2.22. The second-order valence-electron chi connectivity index (χ2n) is 6.37. The van der Waals surface area contributed by atoms with Crippen molar-refractivity contribution in [3.8, 4) is 11.1 Å². The zero-order chi connectivity index (χ0) is 18.5. The monoisotopic (exact) mass is 409 g/mol. The molecule has 4 aromatic rings. The highest BCUT2D eigenvalue weighted by atomic mass is 32.2. The molecule has 0 saturated heterocycles. The third-order valence-electron chi connectivity index (χ3n) is 4.55. The lowest BCUT2D eigenvalue weighted by atomic mass is 10.1. The van der Waals surface area contributed by atoms with Gasteiger partial charge in [-0.25, -0.2) is 4.98 Å². The fourth-order valence-corrected chi connectivity index (χ4v) is 6.13. The summed E-state index contributed by atoms with van der Waals surface area (Å²) in [6.07, 6.45) is 0. The van der Waals surface area contributed by atoms with Gasteiger partial charge in [-0.1, -0.05) is 42.1 Å². The van der Waals surface area contributed by atoms with E-state index in [1.165, 1.54) is 25.8 Å². The van der Waals surface area contributed by atoms with Gasteiger partial charge in [-0.2, -0.15) is 9.78 Å². The minimum absolute atomic E-state index is 0.0931. The summed E-state index contributed by atoms with van der Waals surface area (Å²) >= 11 is 4.85. The third kappa shape index (κ3) is 2.77. The van der Waals surface area contributed by atoms with E-state index in [9.17, 15) is 4.79 Å². The van der Waals surface area contributed by atoms with Gasteiger partial charge < -0.3 is 0 Å². The summed E-state index contributed by atoms with van der Waals surface area (Å²) in [6.45, 7) is 4.20. The Labute approximate surface area is 168 Å². The molecule has 5 rings (SSSR count). The van der Waals surface area contributed by atoms with E-state index >= 15 is 0 Å². The van der Waals surface area contributed by atoms with Crippen LogP contribution < -0.4 is 5.56 Å². The number of aryl methyl sites for hydroxylation is 2. The van der Waals surface area contributed by atoms with Crippen molar-refractivity contribution in [2.45, 2.75) is 19.0 Å². The minimum atomic E-state index is -0.0931. The van der Waals surface area contributed by atoms with E-state index in [0.717, 1.165) is 33.0 Å². The first-order chi connectivity index (χ1) is 13.1. The number of fused-ring (bicyclic) bond motifs is 2. The van der Waals surface area contributed by atoms with E-state index in [-0.39, 0.29) is 5.56 Å². The van der Waals surface area contributed by atoms with Gasteiger partial charge >= 0.3 is 0 Å². The van der Waals surface area contributed by atoms with Crippen LogP contribution in [0, 0.1) is 13.8 Å². The Morgan fingerprint density at radius 2 is 1.93 bits per heavy atom. The van der Waals surface area contributed by atoms with Crippen LogP contribution >= 0.6 is 34.4 Å². The normalized spacial score (nSPS) is 13.6. The maximum absolute atomic E-state index is 13.3. The number of benzene rings is 1. The number of thioether (sulfide) groups is 1. The Bertz CT molecular complexity index is 1270. The van der Waals surface area contributed by atoms with Crippen LogP contribution in [0.1, 0.15) is 15.3 Å². The lowest BCUT2D eigenvalue weighted by Gasteiger charge is -2.15. The molecule has 0 N–H and O–H groups in total. The molecule has 0 aliphatic carbocycles. The van der Waals surface area contributed by atoms with Crippen molar-refractivity contribution < 1.29 is 0 Å². The first-order valence-electron chi connectivity index (χ1n) is 8.49. The predicted molar refractivity (Wildman–Crippen MR) is 116 cm³/mol. The number of nitrogens with zero attached hydrogens (tertiary/aromatic N) is 3. The molecule has 4 nitrogen and oxygen atoms in total. The van der Waals surface area contributed by atoms with Crippen LogP contribution in [0.5, 0.6) is 0 Å². The lowest BCUT2D eigenvalue weighted by molar-refractivity contribution is 0.700. The van der Waals surface area contributed by atoms with Gasteiger partial charge in [0, 0.05) is 32.0 Å². The minimum Gasteiger partial charge on any atom is -0.266 e. The average Bonchev–Trinajstić information content (AvgIpc) is 3.25. The van der Waals surface area contributed by atoms with Gasteiger partial charge in [0.2, 0.25) is 0 Å². The molecular weight excluding hydrogens is 394 g/mol. The molecule has 0 amide bonds. The quantitative estimate of drug-likeness (QED) is 0.430. The first-order valence-corrected chi connectivity index (χ1v) is 11.2. The fraction of sp³-hybridized carbons (Fsp3) is 0.150. The molecular formula is C20H15N3OS3. The second-order valence-corrected chi connectivity index (χ2v) is 9.63. The highest BCUT2D eigenvalue weighted by Crippen LogP contribution is 2.33. The fourth-order valence-electron chi connectivity index (χ4n) is 3.31. The first kappa shape index (κ1) is 16.9. The van der Waals surface area contributed by atoms with Crippen molar-refractivity contribution in [3.05, 3.63) is 67.4 Å². The van der Waals surface area contributed by atoms with Crippen LogP contribution in [0.4, 0.5) is 0 Å². The Morgan fingerprint density at radius 3 is 2.67 bits per heavy atom. The molecule has 0 spiro atoms. The molecule has 3 aromatic heterocycles. The standard InChI is InChI=1S/C20H15N3OS3/c1-11-8-14(12(2)27-11)16-10-26-20-21-18-17(19(24)23(20)22-16)15(9-25-18)13-6-4-3-5-7-13/h3-9H,10H2,1-2H3. The number of rotatable bonds is 2. The number of hydrogen-bond donors (Lipinski definition) is 0. The molecule has 0 atom stereocenters. The number of aromatic nitrogens is 2. The largest absolute Gasteiger partial charge is 0.284 e. The van der Waals surface area contributed by atoms with Crippen molar-refractivity contribution in [3.63, 3.8) is 0 Å². The van der Waals surface area contributed by atoms with E-state index in [1.54, 1.807) is 23.1 Å². The maximum Gasteiger partial charge on any atom is 0.284 e. The third-order valence-corrected chi connectivity index (χ3v) is 7.33. The van der Waals surface area contributed by atoms with Gasteiger partial charge in [0.25, 0.3) is 5.56 Å². The molecule has 0 radical (unpaired) electrons. The molecule has 1 aliphatic rings. The van der Waals surface area contributed by atoms with Crippen LogP contribution in [0.15, 0.2) is 56.8 Å². The van der Waals surface area contributed by atoms with Crippen LogP contribution in [-0.4, -0.2) is 21.1 Å². The molecule has 4 heterocycles. The topological polar surface area (TPSA) is 47.2 Å². The summed E-state index contributed by atoms with van der Waals surface area (Å²) in [5.74, 6) is 0.728. The molecule has 1 aliphatic heterocycles. The zero-order valence-electron chi connectivity index (χ0n) is 14.7. The summed E-state index contributed by atoms with van der Waals surface area (Å²) in [5, 5.41) is 8.04. The van der Waals surface area contributed by atoms with E-state index in [0.29, 0.717) is 10.5 Å². The Kier molecular flexibility index (Phi) is 4.03. The highest BCUT2D eigenvalue weighted by molar-refractivity contribution is 7.99. The second kappa shape index (κ2) is 6.44. The Morgan fingerprint density at radius 1 is 1.11 bits per heavy atom. The van der Waals surface area contributed by atoms with Crippen LogP contribution in [0.3, 0.4) is 0 Å². The van der Waals surface area contributed by atoms with Gasteiger partial charge in [-0.05, 0) is 25.5 Å². The molecule has 27 heavy (non-hydrogen) atoms. The van der Waals surface area contributed by atoms with Crippen molar-refractivity contribution >= 4 is 50.4 Å². The zero-order valence-corrected chi connectivity index (χ0v) is 17.2. The SMILES string of the molecule is Cc1cc(C2=Nn3c(nc4scc(-c5ccccc5)c4c3=O)SC2)c(C)s1. The van der Waals surface area contributed by atoms with Gasteiger partial charge in [-0.15, -0.1) is 22.7 Å². The average molecular weight is 410 g/mol. The Balaban J connectivity index is 1.73. The predicted octanol–water partition coefficient (Wildman–Crippen LogP) is 5.16. The molecule has 0 bridgehead atoms. The van der Waals surface area contributed by atoms with Crippen LogP contribution in [-0.2, 0) is 0 Å². The van der Waals surface area contributed by atoms with Crippen LogP contribution in [0.25, 0.3) is 21.3 Å². The molecule has 0 unspecified atom stereocenters. The lowest BCUT2D eigenvalue weighted by Crippen LogP contribution is -2.25. The summed E-state index contributed by atoms with van der Waals surface area (Å²) in [6, 6.07) is 12.1. The van der Waals surface area contributed by atoms with E-state index in [1.807, 2.05) is 35.7 Å². The van der Waals surface area contributed by atoms with Crippen molar-refractivity contribution in [2.24, 2.45) is 5.10 Å². The van der Waals surface area contributed by atoms with Gasteiger partial charge in [0.1, 0.15) is 4.83 Å². The molecule has 1 aromatic carbocycles. The summed E-state index contributed by atoms with van der Waals surface area (Å²) in [4.78, 5) is 21.3. The Hall–Kier alpha value is -2.22. The van der Waals surface area contributed by atoms with E-state index < -0.39 is 0 Å². The summed E-state index contributed by atoms with van der Waals surface area (Å²) < 4.78 is 1.48. The van der Waals surface area contributed by atoms with Crippen molar-refractivity contribution in [1.29, 1.82) is 0 Å². The summed E-state index contributed by atoms with van der Waals surface area (Å²) in [7, 11) is 0. The van der Waals surface area contributed by atoms with Gasteiger partial charge in [-0.3, -0.25) is 4.79 Å². The van der Waals surface area contributed by atoms with Crippen molar-refractivity contribution in [2.75, 3.05) is 5.75 Å². The van der Waals surface area contributed by atoms with Gasteiger partial charge in [0.15, 0.2) is 5.16 Å². The number of hydrogen-bond acceptors (Lipinski definition) is 6. The molecule has 0 saturated carbocycles. The van der Waals surface area contributed by atoms with E-state index in [4.69, 9.17) is 10.1 Å². The summed E-state index contributed by atoms with van der Waals surface area (Å²) in [5.41, 5.74) is 3.94. The molecule has 0 fully saturated rings. The molecule has 7 heteroatoms. The van der Waals surface area contributed by atoms with Crippen LogP contribution in [0.2, 0.25) is 0 Å². The molecule has 134 valence electrons. The van der Waals surface area contributed by atoms with E-state index in [2.05, 4.69) is 19.9 Å². The van der Waals surface area contributed by atoms with Gasteiger partial charge in [0.05, 0.1) is 11.1 Å². The van der Waals surface area contributed by atoms with Crippen molar-refractivity contribution in [1.82, 2.24) is 9.66 Å². The maximum atomic E-state index is 13.3.